The molecule has 0 amide bonds. The Morgan fingerprint density at radius 2 is 1.74 bits per heavy atom. The predicted octanol–water partition coefficient (Wildman–Crippen LogP) is 4.98. The Labute approximate surface area is 223 Å². The van der Waals surface area contributed by atoms with Crippen molar-refractivity contribution in [1.29, 1.82) is 0 Å². The van der Waals surface area contributed by atoms with Crippen molar-refractivity contribution in [3.8, 4) is 0 Å². The minimum atomic E-state index is -4.72. The van der Waals surface area contributed by atoms with Gasteiger partial charge < -0.3 is 15.0 Å². The third-order valence-corrected chi connectivity index (χ3v) is 9.80. The van der Waals surface area contributed by atoms with Crippen LogP contribution in [0.15, 0.2) is 38.9 Å². The summed E-state index contributed by atoms with van der Waals surface area (Å²) in [5, 5.41) is 3.16. The molecule has 2 aromatic carbocycles. The lowest BCUT2D eigenvalue weighted by atomic mass is 10.1. The van der Waals surface area contributed by atoms with Crippen LogP contribution < -0.4 is 15.9 Å². The van der Waals surface area contributed by atoms with Gasteiger partial charge in [-0.2, -0.15) is 29.1 Å². The summed E-state index contributed by atoms with van der Waals surface area (Å²) in [7, 11) is -0.472. The lowest BCUT2D eigenvalue weighted by Gasteiger charge is -2.37. The van der Waals surface area contributed by atoms with Gasteiger partial charge in [-0.15, -0.1) is 0 Å². The summed E-state index contributed by atoms with van der Waals surface area (Å²) in [6.07, 6.45) is -5.36. The first kappa shape index (κ1) is 27.2. The van der Waals surface area contributed by atoms with Crippen LogP contribution in [0.25, 0.3) is 10.9 Å². The quantitative estimate of drug-likeness (QED) is 0.262. The standard InChI is InChI=1S/C25H26ClF5N4O2S/c1-12-8-34(9-13(2)32-12)23-16-4-14(25(29,30)31)5-21-22(16)35(24(36)33-23)10-15(37-3)11-38(21)20-6-17(26)18(27)7-19(20)28/h4-7,12-13,15,32,38H,8-11H2,1-3H3/t12-,13+,15-/m1/s1. The van der Waals surface area contributed by atoms with Crippen LogP contribution in [-0.4, -0.2) is 53.7 Å². The summed E-state index contributed by atoms with van der Waals surface area (Å²) >= 11 is 5.98. The molecule has 1 unspecified atom stereocenters. The largest absolute Gasteiger partial charge is 0.416 e. The van der Waals surface area contributed by atoms with Crippen LogP contribution in [0.1, 0.15) is 19.4 Å². The number of rotatable bonds is 3. The number of ether oxygens (including phenoxy) is 1. The van der Waals surface area contributed by atoms with Crippen molar-refractivity contribution >= 4 is 39.2 Å². The van der Waals surface area contributed by atoms with Crippen LogP contribution in [0.2, 0.25) is 5.02 Å². The maximum absolute atomic E-state index is 15.2. The van der Waals surface area contributed by atoms with Gasteiger partial charge in [-0.3, -0.25) is 4.57 Å². The van der Waals surface area contributed by atoms with Crippen molar-refractivity contribution in [3.05, 3.63) is 57.0 Å². The third-order valence-electron chi connectivity index (χ3n) is 6.89. The smallest absolute Gasteiger partial charge is 0.379 e. The fourth-order valence-corrected chi connectivity index (χ4v) is 8.28. The van der Waals surface area contributed by atoms with Crippen LogP contribution in [0.3, 0.4) is 0 Å². The van der Waals surface area contributed by atoms with Gasteiger partial charge in [0.25, 0.3) is 0 Å². The van der Waals surface area contributed by atoms with Crippen LogP contribution in [0.5, 0.6) is 0 Å². The SMILES string of the molecule is CO[C@@H]1Cn2c(=O)nc(N3C[C@@H](C)N[C@@H](C)C3)c3cc(C(F)(F)F)cc(c32)[SH](c2cc(Cl)c(F)cc2F)C1. The molecule has 3 aromatic rings. The molecule has 0 spiro atoms. The molecule has 38 heavy (non-hydrogen) atoms. The second-order valence-corrected chi connectivity index (χ2v) is 12.4. The number of hydrogen-bond acceptors (Lipinski definition) is 5. The summed E-state index contributed by atoms with van der Waals surface area (Å²) in [6.45, 7) is 4.76. The van der Waals surface area contributed by atoms with Crippen molar-refractivity contribution in [1.82, 2.24) is 14.9 Å². The number of anilines is 1. The minimum Gasteiger partial charge on any atom is -0.379 e. The van der Waals surface area contributed by atoms with Crippen LogP contribution in [-0.2, 0) is 17.5 Å². The van der Waals surface area contributed by atoms with Crippen molar-refractivity contribution in [2.45, 2.75) is 54.5 Å². The zero-order valence-corrected chi connectivity index (χ0v) is 22.4. The van der Waals surface area contributed by atoms with Crippen LogP contribution in [0, 0.1) is 11.6 Å². The molecule has 0 aliphatic carbocycles. The first-order valence-electron chi connectivity index (χ1n) is 12.0. The molecule has 206 valence electrons. The lowest BCUT2D eigenvalue weighted by Crippen LogP contribution is -2.55. The van der Waals surface area contributed by atoms with Gasteiger partial charge in [0.05, 0.1) is 28.8 Å². The molecule has 6 nitrogen and oxygen atoms in total. The van der Waals surface area contributed by atoms with E-state index in [-0.39, 0.29) is 55.9 Å². The predicted molar refractivity (Wildman–Crippen MR) is 138 cm³/mol. The molecule has 3 heterocycles. The Bertz CT molecular complexity index is 1460. The van der Waals surface area contributed by atoms with Crippen molar-refractivity contribution in [2.24, 2.45) is 0 Å². The average molecular weight is 577 g/mol. The van der Waals surface area contributed by atoms with Crippen molar-refractivity contribution < 1.29 is 26.7 Å². The lowest BCUT2D eigenvalue weighted by molar-refractivity contribution is -0.137. The van der Waals surface area contributed by atoms with E-state index in [1.54, 1.807) is 0 Å². The number of piperazine rings is 1. The van der Waals surface area contributed by atoms with Gasteiger partial charge in [0, 0.05) is 59.3 Å². The Morgan fingerprint density at radius 1 is 1.05 bits per heavy atom. The molecule has 1 aromatic heterocycles. The number of methoxy groups -OCH3 is 1. The molecule has 2 aliphatic heterocycles. The number of nitrogens with zero attached hydrogens (tertiary/aromatic N) is 3. The number of alkyl halides is 3. The van der Waals surface area contributed by atoms with Crippen LogP contribution >= 0.6 is 22.5 Å². The third kappa shape index (κ3) is 4.87. The molecule has 5 rings (SSSR count). The normalized spacial score (nSPS) is 25.0. The van der Waals surface area contributed by atoms with Gasteiger partial charge in [-0.05, 0) is 32.0 Å². The Hall–Kier alpha value is -2.41. The van der Waals surface area contributed by atoms with Crippen molar-refractivity contribution in [2.75, 3.05) is 30.9 Å². The van der Waals surface area contributed by atoms with Crippen molar-refractivity contribution in [3.63, 3.8) is 0 Å². The molecule has 1 saturated heterocycles. The maximum atomic E-state index is 15.2. The maximum Gasteiger partial charge on any atom is 0.416 e. The van der Waals surface area contributed by atoms with Gasteiger partial charge >= 0.3 is 11.9 Å². The van der Waals surface area contributed by atoms with E-state index in [1.807, 2.05) is 18.7 Å². The van der Waals surface area contributed by atoms with Gasteiger partial charge in [-0.1, -0.05) is 11.6 Å². The first-order valence-corrected chi connectivity index (χ1v) is 13.9. The molecule has 1 N–H and O–H groups in total. The summed E-state index contributed by atoms with van der Waals surface area (Å²) in [5.41, 5.74) is -1.33. The highest BCUT2D eigenvalue weighted by Crippen LogP contribution is 2.53. The minimum absolute atomic E-state index is 0.00410. The number of thiol groups is 1. The van der Waals surface area contributed by atoms with E-state index in [2.05, 4.69) is 10.3 Å². The van der Waals surface area contributed by atoms with E-state index < -0.39 is 46.1 Å². The molecular weight excluding hydrogens is 551 g/mol. The van der Waals surface area contributed by atoms with E-state index in [0.717, 1.165) is 18.2 Å². The van der Waals surface area contributed by atoms with Crippen LogP contribution in [0.4, 0.5) is 27.8 Å². The van der Waals surface area contributed by atoms with E-state index in [4.69, 9.17) is 16.3 Å². The molecule has 0 radical (unpaired) electrons. The number of hydrogen-bond donors (Lipinski definition) is 2. The van der Waals surface area contributed by atoms with E-state index >= 15 is 4.39 Å². The molecule has 4 atom stereocenters. The molecule has 2 aliphatic rings. The molecule has 0 saturated carbocycles. The second kappa shape index (κ2) is 9.96. The summed E-state index contributed by atoms with van der Waals surface area (Å²) in [6, 6.07) is 3.72. The van der Waals surface area contributed by atoms with E-state index in [0.29, 0.717) is 19.2 Å². The average Bonchev–Trinajstić information content (AvgIpc) is 3.00. The highest BCUT2D eigenvalue weighted by Gasteiger charge is 2.37. The highest BCUT2D eigenvalue weighted by molar-refractivity contribution is 8.17. The molecule has 0 bridgehead atoms. The van der Waals surface area contributed by atoms with E-state index in [9.17, 15) is 22.4 Å². The van der Waals surface area contributed by atoms with Gasteiger partial charge in [-0.25, -0.2) is 13.6 Å². The first-order chi connectivity index (χ1) is 17.9. The molecule has 1 fully saturated rings. The Morgan fingerprint density at radius 3 is 2.37 bits per heavy atom. The summed E-state index contributed by atoms with van der Waals surface area (Å²) in [5.74, 6) is -1.65. The fourth-order valence-electron chi connectivity index (χ4n) is 5.32. The number of benzene rings is 2. The zero-order chi connectivity index (χ0) is 27.5. The second-order valence-electron chi connectivity index (χ2n) is 9.78. The van der Waals surface area contributed by atoms with E-state index in [1.165, 1.54) is 11.7 Å². The monoisotopic (exact) mass is 576 g/mol. The molecule has 13 heteroatoms. The summed E-state index contributed by atoms with van der Waals surface area (Å²) < 4.78 is 78.7. The fraction of sp³-hybridized carbons (Fsp3) is 0.440. The highest BCUT2D eigenvalue weighted by atomic mass is 35.5. The van der Waals surface area contributed by atoms with Gasteiger partial charge in [0.2, 0.25) is 0 Å². The van der Waals surface area contributed by atoms with Gasteiger partial charge in [0.15, 0.2) is 0 Å². The zero-order valence-electron chi connectivity index (χ0n) is 20.7. The van der Waals surface area contributed by atoms with Gasteiger partial charge in [0.1, 0.15) is 17.5 Å². The topological polar surface area (TPSA) is 59.4 Å². The number of aromatic nitrogens is 2. The number of nitrogens with one attached hydrogen (secondary N) is 1. The number of halogens is 6. The summed E-state index contributed by atoms with van der Waals surface area (Å²) in [4.78, 5) is 19.6. The Balaban J connectivity index is 1.87. The molecular formula is C25H26ClF5N4O2S. The Kier molecular flexibility index (Phi) is 7.12.